The Kier molecular flexibility index (Phi) is 4.21. The van der Waals surface area contributed by atoms with Crippen LogP contribution in [0.3, 0.4) is 0 Å². The molecule has 0 amide bonds. The highest BCUT2D eigenvalue weighted by Gasteiger charge is 2.32. The molecule has 4 nitrogen and oxygen atoms in total. The van der Waals surface area contributed by atoms with E-state index in [9.17, 15) is 21.6 Å². The van der Waals surface area contributed by atoms with Crippen LogP contribution in [0, 0.1) is 0 Å². The van der Waals surface area contributed by atoms with Gasteiger partial charge in [0.25, 0.3) is 0 Å². The van der Waals surface area contributed by atoms with Crippen molar-refractivity contribution in [2.24, 2.45) is 0 Å². The molecule has 1 aromatic heterocycles. The van der Waals surface area contributed by atoms with Crippen molar-refractivity contribution >= 4 is 27.3 Å². The Labute approximate surface area is 101 Å². The number of halogens is 4. The summed E-state index contributed by atoms with van der Waals surface area (Å²) in [6, 6.07) is 1.68. The Morgan fingerprint density at radius 2 is 2.00 bits per heavy atom. The minimum Gasteiger partial charge on any atom is -0.282 e. The van der Waals surface area contributed by atoms with Gasteiger partial charge in [0.15, 0.2) is 0 Å². The summed E-state index contributed by atoms with van der Waals surface area (Å²) in [5, 5.41) is 0. The van der Waals surface area contributed by atoms with Gasteiger partial charge in [-0.05, 0) is 12.1 Å². The average molecular weight is 289 g/mol. The first kappa shape index (κ1) is 14.0. The van der Waals surface area contributed by atoms with Crippen LogP contribution in [0.1, 0.15) is 5.69 Å². The largest absolute Gasteiger partial charge is 0.433 e. The molecule has 0 aliphatic heterocycles. The van der Waals surface area contributed by atoms with Crippen molar-refractivity contribution in [2.75, 3.05) is 16.4 Å². The molecule has 9 heteroatoms. The average Bonchev–Trinajstić information content (AvgIpc) is 2.16. The number of sulfonamides is 1. The van der Waals surface area contributed by atoms with Gasteiger partial charge in [0.2, 0.25) is 10.0 Å². The molecular formula is C8H8ClF3N2O2S. The quantitative estimate of drug-likeness (QED) is 0.863. The zero-order valence-corrected chi connectivity index (χ0v) is 9.90. The summed E-state index contributed by atoms with van der Waals surface area (Å²) in [7, 11) is -3.64. The lowest BCUT2D eigenvalue weighted by molar-refractivity contribution is -0.141. The second kappa shape index (κ2) is 5.09. The van der Waals surface area contributed by atoms with Crippen molar-refractivity contribution in [3.63, 3.8) is 0 Å². The van der Waals surface area contributed by atoms with Crippen molar-refractivity contribution in [3.8, 4) is 0 Å². The van der Waals surface area contributed by atoms with E-state index >= 15 is 0 Å². The fourth-order valence-electron chi connectivity index (χ4n) is 0.954. The second-order valence-corrected chi connectivity index (χ2v) is 5.26. The molecule has 0 saturated heterocycles. The lowest BCUT2D eigenvalue weighted by Gasteiger charge is -2.08. The number of nitrogens with zero attached hydrogens (tertiary/aromatic N) is 1. The third-order valence-corrected chi connectivity index (χ3v) is 3.37. The third kappa shape index (κ3) is 4.39. The molecule has 0 spiro atoms. The lowest BCUT2D eigenvalue weighted by Crippen LogP contribution is -2.18. The number of nitrogens with one attached hydrogen (secondary N) is 1. The van der Waals surface area contributed by atoms with Gasteiger partial charge in [-0.3, -0.25) is 4.72 Å². The summed E-state index contributed by atoms with van der Waals surface area (Å²) in [4.78, 5) is 3.11. The van der Waals surface area contributed by atoms with Crippen molar-refractivity contribution in [2.45, 2.75) is 6.18 Å². The van der Waals surface area contributed by atoms with Gasteiger partial charge in [-0.2, -0.15) is 13.2 Å². The van der Waals surface area contributed by atoms with E-state index in [2.05, 4.69) is 9.71 Å². The predicted molar refractivity (Wildman–Crippen MR) is 57.4 cm³/mol. The minimum absolute atomic E-state index is 0.0388. The van der Waals surface area contributed by atoms with Crippen molar-refractivity contribution in [1.29, 1.82) is 0 Å². The molecule has 0 saturated carbocycles. The number of hydrogen-bond acceptors (Lipinski definition) is 3. The van der Waals surface area contributed by atoms with Gasteiger partial charge < -0.3 is 0 Å². The molecule has 96 valence electrons. The third-order valence-electron chi connectivity index (χ3n) is 1.67. The summed E-state index contributed by atoms with van der Waals surface area (Å²) in [6.45, 7) is 0. The molecule has 0 aliphatic rings. The molecule has 0 fully saturated rings. The molecule has 17 heavy (non-hydrogen) atoms. The topological polar surface area (TPSA) is 59.1 Å². The molecule has 0 aromatic carbocycles. The fourth-order valence-corrected chi connectivity index (χ4v) is 2.35. The first-order chi connectivity index (χ1) is 7.74. The summed E-state index contributed by atoms with van der Waals surface area (Å²) in [6.07, 6.45) is -3.75. The molecule has 1 heterocycles. The Morgan fingerprint density at radius 1 is 1.35 bits per heavy atom. The highest BCUT2D eigenvalue weighted by molar-refractivity contribution is 7.92. The molecule has 1 N–H and O–H groups in total. The standard InChI is InChI=1S/C8H8ClF3N2O2S/c9-3-4-17(15,16)14-6-1-2-7(13-5-6)8(10,11)12/h1-2,5,14H,3-4H2. The smallest absolute Gasteiger partial charge is 0.282 e. The zero-order chi connectivity index (χ0) is 13.1. The maximum absolute atomic E-state index is 12.2. The van der Waals surface area contributed by atoms with Crippen molar-refractivity contribution in [3.05, 3.63) is 24.0 Å². The van der Waals surface area contributed by atoms with E-state index in [-0.39, 0.29) is 17.3 Å². The van der Waals surface area contributed by atoms with Gasteiger partial charge in [-0.15, -0.1) is 11.6 Å². The van der Waals surface area contributed by atoms with Gasteiger partial charge in [0, 0.05) is 5.88 Å². The summed E-state index contributed by atoms with van der Waals surface area (Å²) in [5.41, 5.74) is -1.12. The van der Waals surface area contributed by atoms with Crippen LogP contribution in [0.2, 0.25) is 0 Å². The number of pyridine rings is 1. The van der Waals surface area contributed by atoms with Crippen LogP contribution in [-0.4, -0.2) is 25.0 Å². The van der Waals surface area contributed by atoms with Gasteiger partial charge in [-0.25, -0.2) is 13.4 Å². The van der Waals surface area contributed by atoms with Crippen molar-refractivity contribution < 1.29 is 21.6 Å². The molecule has 0 bridgehead atoms. The molecule has 0 unspecified atom stereocenters. The van der Waals surface area contributed by atoms with Gasteiger partial charge in [0.05, 0.1) is 17.6 Å². The monoisotopic (exact) mass is 288 g/mol. The summed E-state index contributed by atoms with van der Waals surface area (Å²) in [5.74, 6) is -0.432. The molecule has 1 aromatic rings. The molecule has 0 radical (unpaired) electrons. The molecule has 0 atom stereocenters. The molecule has 0 aliphatic carbocycles. The first-order valence-electron chi connectivity index (χ1n) is 4.34. The van der Waals surface area contributed by atoms with Crippen LogP contribution in [-0.2, 0) is 16.2 Å². The van der Waals surface area contributed by atoms with Crippen LogP contribution in [0.25, 0.3) is 0 Å². The van der Waals surface area contributed by atoms with E-state index in [4.69, 9.17) is 11.6 Å². The minimum atomic E-state index is -4.55. The fraction of sp³-hybridized carbons (Fsp3) is 0.375. The molecule has 1 rings (SSSR count). The predicted octanol–water partition coefficient (Wildman–Crippen LogP) is 2.08. The van der Waals surface area contributed by atoms with Crippen LogP contribution in [0.4, 0.5) is 18.9 Å². The Morgan fingerprint density at radius 3 is 2.41 bits per heavy atom. The number of anilines is 1. The number of hydrogen-bond donors (Lipinski definition) is 1. The first-order valence-corrected chi connectivity index (χ1v) is 6.53. The van der Waals surface area contributed by atoms with Gasteiger partial charge >= 0.3 is 6.18 Å². The number of rotatable bonds is 4. The van der Waals surface area contributed by atoms with Gasteiger partial charge in [-0.1, -0.05) is 0 Å². The van der Waals surface area contributed by atoms with Gasteiger partial charge in [0.1, 0.15) is 5.69 Å². The van der Waals surface area contributed by atoms with E-state index < -0.39 is 21.9 Å². The summed E-state index contributed by atoms with van der Waals surface area (Å²) >= 11 is 5.25. The van der Waals surface area contributed by atoms with E-state index in [1.54, 1.807) is 0 Å². The second-order valence-electron chi connectivity index (χ2n) is 3.04. The summed E-state index contributed by atoms with van der Waals surface area (Å²) < 4.78 is 61.0. The number of aromatic nitrogens is 1. The Hall–Kier alpha value is -1.02. The molecular weight excluding hydrogens is 281 g/mol. The Bertz CT molecular complexity index is 473. The zero-order valence-electron chi connectivity index (χ0n) is 8.33. The SMILES string of the molecule is O=S(=O)(CCCl)Nc1ccc(C(F)(F)F)nc1. The van der Waals surface area contributed by atoms with Crippen LogP contribution >= 0.6 is 11.6 Å². The Balaban J connectivity index is 2.83. The highest BCUT2D eigenvalue weighted by atomic mass is 35.5. The van der Waals surface area contributed by atoms with E-state index in [1.165, 1.54) is 0 Å². The maximum atomic E-state index is 12.2. The highest BCUT2D eigenvalue weighted by Crippen LogP contribution is 2.27. The van der Waals surface area contributed by atoms with E-state index in [0.717, 1.165) is 12.3 Å². The normalized spacial score (nSPS) is 12.5. The van der Waals surface area contributed by atoms with Crippen molar-refractivity contribution in [1.82, 2.24) is 4.98 Å². The van der Waals surface area contributed by atoms with E-state index in [1.807, 2.05) is 0 Å². The van der Waals surface area contributed by atoms with E-state index in [0.29, 0.717) is 6.07 Å². The van der Waals surface area contributed by atoms with Crippen LogP contribution < -0.4 is 4.72 Å². The van der Waals surface area contributed by atoms with Crippen LogP contribution in [0.15, 0.2) is 18.3 Å². The van der Waals surface area contributed by atoms with Crippen LogP contribution in [0.5, 0.6) is 0 Å². The maximum Gasteiger partial charge on any atom is 0.433 e. The lowest BCUT2D eigenvalue weighted by atomic mass is 10.3. The number of alkyl halides is 4.